The summed E-state index contributed by atoms with van der Waals surface area (Å²) in [6, 6.07) is 1.97. The Balaban J connectivity index is 2.33. The maximum absolute atomic E-state index is 11.1. The minimum Gasteiger partial charge on any atom is -0.460 e. The number of aryl methyl sites for hydroxylation is 1. The predicted octanol–water partition coefficient (Wildman–Crippen LogP) is 1.25. The van der Waals surface area contributed by atoms with Crippen LogP contribution in [0.5, 0.6) is 5.75 Å². The van der Waals surface area contributed by atoms with Gasteiger partial charge in [0.05, 0.1) is 11.0 Å². The zero-order valence-corrected chi connectivity index (χ0v) is 9.27. The summed E-state index contributed by atoms with van der Waals surface area (Å²) in [4.78, 5) is 0.376. The van der Waals surface area contributed by atoms with Gasteiger partial charge in [-0.25, -0.2) is 0 Å². The van der Waals surface area contributed by atoms with E-state index in [4.69, 9.17) is 13.9 Å². The third kappa shape index (κ3) is 1.82. The minimum absolute atomic E-state index is 0.172. The molecule has 5 nitrogen and oxygen atoms in total. The molecule has 0 aliphatic carbocycles. The molecule has 0 saturated heterocycles. The van der Waals surface area contributed by atoms with Crippen LogP contribution in [0.2, 0.25) is 0 Å². The molecule has 80 valence electrons. The minimum atomic E-state index is -3.53. The van der Waals surface area contributed by atoms with E-state index in [9.17, 15) is 8.42 Å². The van der Waals surface area contributed by atoms with Gasteiger partial charge in [-0.2, -0.15) is 13.7 Å². The second-order valence-corrected chi connectivity index (χ2v) is 5.09. The van der Waals surface area contributed by atoms with Gasteiger partial charge in [-0.15, -0.1) is 12.6 Å². The highest BCUT2D eigenvalue weighted by atomic mass is 32.2. The van der Waals surface area contributed by atoms with Crippen molar-refractivity contribution in [3.05, 3.63) is 11.5 Å². The van der Waals surface area contributed by atoms with Gasteiger partial charge in [-0.3, -0.25) is 0 Å². The number of nitriles is 1. The van der Waals surface area contributed by atoms with Crippen LogP contribution in [0.25, 0.3) is 0 Å². The molecule has 0 aromatic carbocycles. The van der Waals surface area contributed by atoms with Crippen molar-refractivity contribution < 1.29 is 17.0 Å². The Morgan fingerprint density at radius 1 is 1.53 bits per heavy atom. The first-order valence-corrected chi connectivity index (χ1v) is 6.18. The Kier molecular flexibility index (Phi) is 2.40. The van der Waals surface area contributed by atoms with Crippen molar-refractivity contribution >= 4 is 22.7 Å². The molecule has 2 heterocycles. The van der Waals surface area contributed by atoms with Crippen LogP contribution in [0.1, 0.15) is 17.9 Å². The van der Waals surface area contributed by atoms with Crippen molar-refractivity contribution in [3.63, 3.8) is 0 Å². The van der Waals surface area contributed by atoms with Crippen LogP contribution in [-0.2, 0) is 22.3 Å². The third-order valence-corrected chi connectivity index (χ3v) is 3.45. The van der Waals surface area contributed by atoms with Crippen molar-refractivity contribution in [2.45, 2.75) is 23.5 Å². The molecule has 1 aliphatic heterocycles. The average Bonchev–Trinajstić information content (AvgIpc) is 2.58. The van der Waals surface area contributed by atoms with E-state index >= 15 is 0 Å². The van der Waals surface area contributed by atoms with Crippen LogP contribution in [0.3, 0.4) is 0 Å². The Morgan fingerprint density at radius 2 is 2.27 bits per heavy atom. The maximum atomic E-state index is 11.1. The van der Waals surface area contributed by atoms with Crippen molar-refractivity contribution in [2.24, 2.45) is 0 Å². The van der Waals surface area contributed by atoms with E-state index in [0.717, 1.165) is 0 Å². The highest BCUT2D eigenvalue weighted by Crippen LogP contribution is 2.40. The number of thiol groups is 1. The predicted molar refractivity (Wildman–Crippen MR) is 53.1 cm³/mol. The van der Waals surface area contributed by atoms with Crippen LogP contribution in [0.15, 0.2) is 9.31 Å². The van der Waals surface area contributed by atoms with E-state index in [1.165, 1.54) is 0 Å². The van der Waals surface area contributed by atoms with E-state index in [1.807, 2.05) is 6.07 Å². The van der Waals surface area contributed by atoms with Crippen LogP contribution in [-0.4, -0.2) is 8.42 Å². The van der Waals surface area contributed by atoms with Crippen LogP contribution < -0.4 is 4.18 Å². The summed E-state index contributed by atoms with van der Waals surface area (Å²) in [5, 5.41) is 8.41. The molecular weight excluding hydrogens is 238 g/mol. The highest BCUT2D eigenvalue weighted by Gasteiger charge is 2.34. The van der Waals surface area contributed by atoms with Crippen LogP contribution >= 0.6 is 12.6 Å². The number of fused-ring (bicyclic) bond motifs is 1. The van der Waals surface area contributed by atoms with Gasteiger partial charge in [0.15, 0.2) is 11.5 Å². The van der Waals surface area contributed by atoms with Gasteiger partial charge in [0.2, 0.25) is 0 Å². The van der Waals surface area contributed by atoms with Crippen molar-refractivity contribution in [2.75, 3.05) is 0 Å². The van der Waals surface area contributed by atoms with Gasteiger partial charge >= 0.3 is 10.1 Å². The number of furan rings is 1. The summed E-state index contributed by atoms with van der Waals surface area (Å²) in [7, 11) is -3.53. The monoisotopic (exact) mass is 245 g/mol. The summed E-state index contributed by atoms with van der Waals surface area (Å²) in [5.41, 5.74) is 0. The van der Waals surface area contributed by atoms with Crippen LogP contribution in [0, 0.1) is 11.3 Å². The fourth-order valence-corrected chi connectivity index (χ4v) is 2.73. The molecule has 1 aromatic rings. The van der Waals surface area contributed by atoms with Gasteiger partial charge < -0.3 is 8.60 Å². The number of hydrogen-bond donors (Lipinski definition) is 1. The SMILES string of the molecule is N#CCCc1oc2c(c1S)OS(=O)(=O)C2. The molecule has 0 bridgehead atoms. The lowest BCUT2D eigenvalue weighted by atomic mass is 10.2. The summed E-state index contributed by atoms with van der Waals surface area (Å²) in [6.45, 7) is 0. The fraction of sp³-hybridized carbons (Fsp3) is 0.375. The van der Waals surface area contributed by atoms with Gasteiger partial charge in [-0.05, 0) is 0 Å². The molecule has 0 spiro atoms. The van der Waals surface area contributed by atoms with Gasteiger partial charge in [0, 0.05) is 12.8 Å². The van der Waals surface area contributed by atoms with Gasteiger partial charge in [0.1, 0.15) is 11.5 Å². The third-order valence-electron chi connectivity index (χ3n) is 1.96. The molecule has 2 rings (SSSR count). The lowest BCUT2D eigenvalue weighted by molar-refractivity contribution is 0.473. The molecule has 15 heavy (non-hydrogen) atoms. The lowest BCUT2D eigenvalue weighted by Crippen LogP contribution is -2.03. The first-order valence-electron chi connectivity index (χ1n) is 4.16. The molecule has 1 aliphatic rings. The zero-order valence-electron chi connectivity index (χ0n) is 7.56. The van der Waals surface area contributed by atoms with Crippen molar-refractivity contribution in [1.82, 2.24) is 0 Å². The normalized spacial score (nSPS) is 16.8. The molecule has 0 N–H and O–H groups in total. The Hall–Kier alpha value is -1.13. The molecule has 7 heteroatoms. The molecule has 0 radical (unpaired) electrons. The molecular formula is C8H7NO4S2. The maximum Gasteiger partial charge on any atom is 0.316 e. The van der Waals surface area contributed by atoms with E-state index in [1.54, 1.807) is 0 Å². The fourth-order valence-electron chi connectivity index (χ4n) is 1.34. The smallest absolute Gasteiger partial charge is 0.316 e. The van der Waals surface area contributed by atoms with E-state index < -0.39 is 10.1 Å². The van der Waals surface area contributed by atoms with E-state index in [0.29, 0.717) is 23.5 Å². The summed E-state index contributed by atoms with van der Waals surface area (Å²) >= 11 is 4.11. The summed E-state index contributed by atoms with van der Waals surface area (Å²) in [5.74, 6) is 0.682. The first kappa shape index (κ1) is 10.4. The zero-order chi connectivity index (χ0) is 11.1. The van der Waals surface area contributed by atoms with Crippen molar-refractivity contribution in [1.29, 1.82) is 5.26 Å². The highest BCUT2D eigenvalue weighted by molar-refractivity contribution is 7.86. The number of rotatable bonds is 2. The lowest BCUT2D eigenvalue weighted by Gasteiger charge is -1.97. The summed E-state index contributed by atoms with van der Waals surface area (Å²) in [6.07, 6.45) is 0.707. The van der Waals surface area contributed by atoms with Gasteiger partial charge in [-0.1, -0.05) is 0 Å². The van der Waals surface area contributed by atoms with Crippen molar-refractivity contribution in [3.8, 4) is 11.8 Å². The molecule has 0 saturated carbocycles. The Labute approximate surface area is 92.2 Å². The number of hydrogen-bond acceptors (Lipinski definition) is 6. The summed E-state index contributed by atoms with van der Waals surface area (Å²) < 4.78 is 32.1. The topological polar surface area (TPSA) is 80.3 Å². The Bertz CT molecular complexity index is 538. The molecule has 0 amide bonds. The molecule has 0 fully saturated rings. The van der Waals surface area contributed by atoms with Gasteiger partial charge in [0.25, 0.3) is 0 Å². The molecule has 0 unspecified atom stereocenters. The number of nitrogens with zero attached hydrogens (tertiary/aromatic N) is 1. The molecule has 0 atom stereocenters. The second-order valence-electron chi connectivity index (χ2n) is 3.07. The van der Waals surface area contributed by atoms with E-state index in [2.05, 4.69) is 12.6 Å². The molecule has 1 aromatic heterocycles. The second kappa shape index (κ2) is 3.47. The first-order chi connectivity index (χ1) is 7.03. The van der Waals surface area contributed by atoms with E-state index in [-0.39, 0.29) is 17.3 Å². The Morgan fingerprint density at radius 3 is 2.87 bits per heavy atom. The largest absolute Gasteiger partial charge is 0.460 e. The standard InChI is InChI=1S/C8H7NO4S2/c9-3-1-2-5-8(14)7-6(12-5)4-15(10,11)13-7/h14H,1-2,4H2. The van der Waals surface area contributed by atoms with Crippen LogP contribution in [0.4, 0.5) is 0 Å². The average molecular weight is 245 g/mol. The quantitative estimate of drug-likeness (QED) is 0.626.